The van der Waals surface area contributed by atoms with Gasteiger partial charge in [-0.05, 0) is 12.8 Å². The minimum atomic E-state index is 0.683. The predicted octanol–water partition coefficient (Wildman–Crippen LogP) is 2.75. The summed E-state index contributed by atoms with van der Waals surface area (Å²) in [5, 5.41) is 1.01. The third kappa shape index (κ3) is 2.96. The Morgan fingerprint density at radius 2 is 2.55 bits per heavy atom. The lowest BCUT2D eigenvalue weighted by molar-refractivity contribution is 0.191. The average Bonchev–Trinajstić information content (AvgIpc) is 2.52. The van der Waals surface area contributed by atoms with Crippen molar-refractivity contribution in [2.75, 3.05) is 18.5 Å². The molecule has 0 aliphatic carbocycles. The highest BCUT2D eigenvalue weighted by Gasteiger charge is 2.12. The van der Waals surface area contributed by atoms with Gasteiger partial charge in [-0.25, -0.2) is 0 Å². The van der Waals surface area contributed by atoms with Gasteiger partial charge in [0, 0.05) is 17.9 Å². The van der Waals surface area contributed by atoms with Crippen molar-refractivity contribution in [2.24, 2.45) is 5.92 Å². The van der Waals surface area contributed by atoms with Crippen molar-refractivity contribution >= 4 is 15.9 Å². The topological polar surface area (TPSA) is 9.23 Å². The van der Waals surface area contributed by atoms with Gasteiger partial charge in [0.15, 0.2) is 0 Å². The summed E-state index contributed by atoms with van der Waals surface area (Å²) in [6.07, 6.45) is 4.72. The fourth-order valence-electron chi connectivity index (χ4n) is 1.27. The second kappa shape index (κ2) is 4.94. The molecule has 1 saturated heterocycles. The smallest absolute Gasteiger partial charge is 0.0529 e. The van der Waals surface area contributed by atoms with Gasteiger partial charge < -0.3 is 4.74 Å². The molecule has 0 N–H and O–H groups in total. The van der Waals surface area contributed by atoms with Crippen LogP contribution in [0.1, 0.15) is 19.8 Å². The maximum absolute atomic E-state index is 5.29. The van der Waals surface area contributed by atoms with Gasteiger partial charge in [-0.1, -0.05) is 34.5 Å². The maximum Gasteiger partial charge on any atom is 0.0529 e. The first kappa shape index (κ1) is 9.27. The Balaban J connectivity index is 2.40. The zero-order chi connectivity index (χ0) is 8.10. The normalized spacial score (nSPS) is 26.0. The quantitative estimate of drug-likeness (QED) is 0.523. The van der Waals surface area contributed by atoms with Crippen LogP contribution in [0.5, 0.6) is 0 Å². The molecule has 0 aromatic rings. The van der Waals surface area contributed by atoms with Gasteiger partial charge in [-0.2, -0.15) is 0 Å². The zero-order valence-corrected chi connectivity index (χ0v) is 8.56. The van der Waals surface area contributed by atoms with Gasteiger partial charge in [0.2, 0.25) is 0 Å². The summed E-state index contributed by atoms with van der Waals surface area (Å²) in [5.41, 5.74) is 1.50. The molecule has 0 aromatic carbocycles. The summed E-state index contributed by atoms with van der Waals surface area (Å²) >= 11 is 3.47. The second-order valence-corrected chi connectivity index (χ2v) is 3.50. The molecule has 1 rings (SSSR count). The molecular formula is C9H15BrO. The summed E-state index contributed by atoms with van der Waals surface area (Å²) in [4.78, 5) is 0. The van der Waals surface area contributed by atoms with E-state index >= 15 is 0 Å². The van der Waals surface area contributed by atoms with Crippen molar-refractivity contribution in [1.29, 1.82) is 0 Å². The predicted molar refractivity (Wildman–Crippen MR) is 51.1 cm³/mol. The molecule has 1 atom stereocenters. The van der Waals surface area contributed by atoms with E-state index in [1.54, 1.807) is 0 Å². The average molecular weight is 219 g/mol. The number of allylic oxidation sites excluding steroid dienone is 1. The van der Waals surface area contributed by atoms with Crippen LogP contribution in [0.25, 0.3) is 0 Å². The van der Waals surface area contributed by atoms with Crippen molar-refractivity contribution in [3.05, 3.63) is 11.6 Å². The molecule has 2 heteroatoms. The van der Waals surface area contributed by atoms with Crippen LogP contribution < -0.4 is 0 Å². The maximum atomic E-state index is 5.29. The Morgan fingerprint density at radius 3 is 3.00 bits per heavy atom. The molecule has 0 aromatic heterocycles. The highest BCUT2D eigenvalue weighted by Crippen LogP contribution is 2.17. The first-order valence-corrected chi connectivity index (χ1v) is 5.32. The van der Waals surface area contributed by atoms with Crippen LogP contribution in [-0.2, 0) is 4.74 Å². The van der Waals surface area contributed by atoms with Gasteiger partial charge in [-0.3, -0.25) is 0 Å². The van der Waals surface area contributed by atoms with Gasteiger partial charge in [-0.15, -0.1) is 0 Å². The van der Waals surface area contributed by atoms with Crippen molar-refractivity contribution in [3.8, 4) is 0 Å². The van der Waals surface area contributed by atoms with Gasteiger partial charge in [0.1, 0.15) is 0 Å². The Hall–Kier alpha value is 0.180. The highest BCUT2D eigenvalue weighted by molar-refractivity contribution is 9.09. The molecule has 0 amide bonds. The van der Waals surface area contributed by atoms with E-state index in [9.17, 15) is 0 Å². The lowest BCUT2D eigenvalue weighted by Gasteiger charge is -2.03. The van der Waals surface area contributed by atoms with E-state index in [1.807, 2.05) is 0 Å². The second-order valence-electron chi connectivity index (χ2n) is 2.94. The minimum absolute atomic E-state index is 0.683. The molecule has 11 heavy (non-hydrogen) atoms. The van der Waals surface area contributed by atoms with E-state index in [1.165, 1.54) is 12.0 Å². The Kier molecular flexibility index (Phi) is 4.16. The highest BCUT2D eigenvalue weighted by atomic mass is 79.9. The van der Waals surface area contributed by atoms with Crippen LogP contribution in [-0.4, -0.2) is 18.5 Å². The SMILES string of the molecule is CC/C(=C\C1CCOC1)CBr. The molecular weight excluding hydrogens is 204 g/mol. The van der Waals surface area contributed by atoms with Crippen LogP contribution in [0.15, 0.2) is 11.6 Å². The van der Waals surface area contributed by atoms with E-state index < -0.39 is 0 Å². The molecule has 1 nitrogen and oxygen atoms in total. The van der Waals surface area contributed by atoms with Crippen LogP contribution >= 0.6 is 15.9 Å². The molecule has 0 radical (unpaired) electrons. The molecule has 1 fully saturated rings. The number of ether oxygens (including phenoxy) is 1. The molecule has 0 saturated carbocycles. The van der Waals surface area contributed by atoms with Crippen LogP contribution in [0.4, 0.5) is 0 Å². The Bertz CT molecular complexity index is 130. The third-order valence-corrected chi connectivity index (χ3v) is 2.78. The van der Waals surface area contributed by atoms with Crippen LogP contribution in [0.3, 0.4) is 0 Å². The number of halogens is 1. The molecule has 0 spiro atoms. The number of hydrogen-bond acceptors (Lipinski definition) is 1. The number of hydrogen-bond donors (Lipinski definition) is 0. The summed E-state index contributed by atoms with van der Waals surface area (Å²) in [7, 11) is 0. The van der Waals surface area contributed by atoms with E-state index in [0.717, 1.165) is 25.0 Å². The first-order valence-electron chi connectivity index (χ1n) is 4.20. The van der Waals surface area contributed by atoms with Crippen molar-refractivity contribution in [1.82, 2.24) is 0 Å². The summed E-state index contributed by atoms with van der Waals surface area (Å²) in [6, 6.07) is 0. The van der Waals surface area contributed by atoms with Gasteiger partial charge in [0.05, 0.1) is 6.61 Å². The Morgan fingerprint density at radius 1 is 1.73 bits per heavy atom. The monoisotopic (exact) mass is 218 g/mol. The summed E-state index contributed by atoms with van der Waals surface area (Å²) < 4.78 is 5.29. The molecule has 64 valence electrons. The van der Waals surface area contributed by atoms with Crippen molar-refractivity contribution in [2.45, 2.75) is 19.8 Å². The van der Waals surface area contributed by atoms with Crippen LogP contribution in [0, 0.1) is 5.92 Å². The fraction of sp³-hybridized carbons (Fsp3) is 0.778. The standard InChI is InChI=1S/C9H15BrO/c1-2-8(6-10)5-9-3-4-11-7-9/h5,9H,2-4,6-7H2,1H3/b8-5+. The summed E-state index contributed by atoms with van der Waals surface area (Å²) in [5.74, 6) is 0.683. The zero-order valence-electron chi connectivity index (χ0n) is 6.98. The van der Waals surface area contributed by atoms with E-state index in [-0.39, 0.29) is 0 Å². The fourth-order valence-corrected chi connectivity index (χ4v) is 1.86. The van der Waals surface area contributed by atoms with Crippen LogP contribution in [0.2, 0.25) is 0 Å². The summed E-state index contributed by atoms with van der Waals surface area (Å²) in [6.45, 7) is 4.07. The molecule has 1 aliphatic heterocycles. The molecule has 1 aliphatic rings. The van der Waals surface area contributed by atoms with Crippen molar-refractivity contribution < 1.29 is 4.74 Å². The van der Waals surface area contributed by atoms with Gasteiger partial charge >= 0.3 is 0 Å². The van der Waals surface area contributed by atoms with E-state index in [4.69, 9.17) is 4.74 Å². The van der Waals surface area contributed by atoms with E-state index in [0.29, 0.717) is 5.92 Å². The van der Waals surface area contributed by atoms with Gasteiger partial charge in [0.25, 0.3) is 0 Å². The number of alkyl halides is 1. The van der Waals surface area contributed by atoms with E-state index in [2.05, 4.69) is 28.9 Å². The molecule has 1 heterocycles. The minimum Gasteiger partial charge on any atom is -0.381 e. The molecule has 0 bridgehead atoms. The first-order chi connectivity index (χ1) is 5.36. The largest absolute Gasteiger partial charge is 0.381 e. The lowest BCUT2D eigenvalue weighted by Crippen LogP contribution is -1.96. The lowest BCUT2D eigenvalue weighted by atomic mass is 10.0. The van der Waals surface area contributed by atoms with Crippen molar-refractivity contribution in [3.63, 3.8) is 0 Å². The number of rotatable bonds is 3. The Labute approximate surface area is 76.9 Å². The molecule has 1 unspecified atom stereocenters. The third-order valence-electron chi connectivity index (χ3n) is 2.06.